The maximum Gasteiger partial charge on any atom is 0.391 e. The van der Waals surface area contributed by atoms with Crippen LogP contribution in [0.3, 0.4) is 0 Å². The first-order chi connectivity index (χ1) is 9.77. The van der Waals surface area contributed by atoms with Gasteiger partial charge in [-0.1, -0.05) is 24.6 Å². The third-order valence-electron chi connectivity index (χ3n) is 4.83. The Labute approximate surface area is 124 Å². The van der Waals surface area contributed by atoms with Crippen LogP contribution in [0.15, 0.2) is 18.2 Å². The van der Waals surface area contributed by atoms with Gasteiger partial charge >= 0.3 is 6.18 Å². The van der Waals surface area contributed by atoms with Crippen molar-refractivity contribution in [3.63, 3.8) is 0 Å². The Hall–Kier alpha value is -1.03. The monoisotopic (exact) mass is 299 g/mol. The molecule has 1 aromatic carbocycles. The van der Waals surface area contributed by atoms with Crippen molar-refractivity contribution in [1.82, 2.24) is 0 Å². The van der Waals surface area contributed by atoms with Gasteiger partial charge in [-0.3, -0.25) is 0 Å². The highest BCUT2D eigenvalue weighted by atomic mass is 19.4. The van der Waals surface area contributed by atoms with Gasteiger partial charge in [0.05, 0.1) is 5.92 Å². The van der Waals surface area contributed by atoms with E-state index in [0.29, 0.717) is 12.8 Å². The van der Waals surface area contributed by atoms with Crippen molar-refractivity contribution in [3.8, 4) is 0 Å². The van der Waals surface area contributed by atoms with Crippen LogP contribution in [0.1, 0.15) is 42.4 Å². The third kappa shape index (κ3) is 4.22. The van der Waals surface area contributed by atoms with Crippen molar-refractivity contribution < 1.29 is 13.2 Å². The molecule has 0 bridgehead atoms. The Balaban J connectivity index is 1.99. The number of halogens is 3. The topological polar surface area (TPSA) is 26.0 Å². The van der Waals surface area contributed by atoms with E-state index in [-0.39, 0.29) is 24.8 Å². The lowest BCUT2D eigenvalue weighted by molar-refractivity contribution is -0.186. The van der Waals surface area contributed by atoms with Crippen molar-refractivity contribution in [2.75, 3.05) is 0 Å². The lowest BCUT2D eigenvalue weighted by Crippen LogP contribution is -2.38. The van der Waals surface area contributed by atoms with Crippen molar-refractivity contribution >= 4 is 0 Å². The van der Waals surface area contributed by atoms with Crippen LogP contribution in [0.5, 0.6) is 0 Å². The van der Waals surface area contributed by atoms with E-state index >= 15 is 0 Å². The second kappa shape index (κ2) is 6.39. The van der Waals surface area contributed by atoms with Crippen LogP contribution in [0.4, 0.5) is 13.2 Å². The first-order valence-corrected chi connectivity index (χ1v) is 7.66. The molecule has 1 aliphatic carbocycles. The molecule has 0 radical (unpaired) electrons. The molecule has 0 aliphatic heterocycles. The molecule has 0 spiro atoms. The molecule has 118 valence electrons. The van der Waals surface area contributed by atoms with Gasteiger partial charge in [0, 0.05) is 6.04 Å². The number of alkyl halides is 3. The van der Waals surface area contributed by atoms with Gasteiger partial charge in [0.15, 0.2) is 0 Å². The van der Waals surface area contributed by atoms with Gasteiger partial charge in [-0.15, -0.1) is 0 Å². The molecule has 3 atom stereocenters. The van der Waals surface area contributed by atoms with E-state index in [4.69, 9.17) is 5.73 Å². The minimum atomic E-state index is -4.07. The Morgan fingerprint density at radius 1 is 1.19 bits per heavy atom. The average molecular weight is 299 g/mol. The molecule has 2 rings (SSSR count). The summed E-state index contributed by atoms with van der Waals surface area (Å²) in [5.41, 5.74) is 9.76. The number of nitrogens with two attached hydrogens (primary N) is 1. The normalized spacial score (nSPS) is 24.9. The summed E-state index contributed by atoms with van der Waals surface area (Å²) < 4.78 is 38.6. The van der Waals surface area contributed by atoms with E-state index in [9.17, 15) is 13.2 Å². The standard InChI is InChI=1S/C17H24F3N/c1-11-6-7-13(8-12(11)2)9-16(21)14-4-3-5-15(10-14)17(18,19)20/h6-8,14-16H,3-5,9-10,21H2,1-2H3. The van der Waals surface area contributed by atoms with Gasteiger partial charge in [-0.2, -0.15) is 13.2 Å². The molecule has 1 fully saturated rings. The molecule has 3 unspecified atom stereocenters. The minimum Gasteiger partial charge on any atom is -0.327 e. The van der Waals surface area contributed by atoms with Crippen molar-refractivity contribution in [2.45, 2.75) is 58.2 Å². The number of rotatable bonds is 3. The molecule has 0 heterocycles. The smallest absolute Gasteiger partial charge is 0.327 e. The fraction of sp³-hybridized carbons (Fsp3) is 0.647. The minimum absolute atomic E-state index is 0.0213. The zero-order valence-electron chi connectivity index (χ0n) is 12.7. The van der Waals surface area contributed by atoms with Crippen LogP contribution in [-0.2, 0) is 6.42 Å². The van der Waals surface area contributed by atoms with Crippen LogP contribution in [0.25, 0.3) is 0 Å². The molecule has 21 heavy (non-hydrogen) atoms. The van der Waals surface area contributed by atoms with Crippen LogP contribution in [0.2, 0.25) is 0 Å². The van der Waals surface area contributed by atoms with E-state index in [1.807, 2.05) is 19.9 Å². The third-order valence-corrected chi connectivity index (χ3v) is 4.83. The fourth-order valence-corrected chi connectivity index (χ4v) is 3.28. The van der Waals surface area contributed by atoms with E-state index in [2.05, 4.69) is 12.1 Å². The highest BCUT2D eigenvalue weighted by molar-refractivity contribution is 5.30. The molecular formula is C17H24F3N. The van der Waals surface area contributed by atoms with Gasteiger partial charge < -0.3 is 5.73 Å². The molecule has 1 nitrogen and oxygen atoms in total. The van der Waals surface area contributed by atoms with Gasteiger partial charge in [0.25, 0.3) is 0 Å². The summed E-state index contributed by atoms with van der Waals surface area (Å²) in [5.74, 6) is -1.19. The molecule has 0 saturated heterocycles. The molecule has 0 aromatic heterocycles. The molecule has 0 amide bonds. The summed E-state index contributed by atoms with van der Waals surface area (Å²) in [5, 5.41) is 0. The maximum atomic E-state index is 12.9. The van der Waals surface area contributed by atoms with Gasteiger partial charge in [0.2, 0.25) is 0 Å². The van der Waals surface area contributed by atoms with E-state index in [1.165, 1.54) is 11.1 Å². The van der Waals surface area contributed by atoms with Crippen LogP contribution in [-0.4, -0.2) is 12.2 Å². The predicted octanol–water partition coefficient (Wildman–Crippen LogP) is 4.54. The summed E-state index contributed by atoms with van der Waals surface area (Å²) >= 11 is 0. The molecule has 1 aliphatic rings. The number of hydrogen-bond donors (Lipinski definition) is 1. The SMILES string of the molecule is Cc1ccc(CC(N)C2CCCC(C(F)(F)F)C2)cc1C. The van der Waals surface area contributed by atoms with Crippen LogP contribution < -0.4 is 5.73 Å². The average Bonchev–Trinajstić information content (AvgIpc) is 2.42. The predicted molar refractivity (Wildman–Crippen MR) is 79.1 cm³/mol. The largest absolute Gasteiger partial charge is 0.391 e. The van der Waals surface area contributed by atoms with Gasteiger partial charge in [-0.05, 0) is 62.1 Å². The number of benzene rings is 1. The number of aryl methyl sites for hydroxylation is 2. The van der Waals surface area contributed by atoms with Crippen molar-refractivity contribution in [3.05, 3.63) is 34.9 Å². The quantitative estimate of drug-likeness (QED) is 0.871. The van der Waals surface area contributed by atoms with Crippen molar-refractivity contribution in [1.29, 1.82) is 0 Å². The van der Waals surface area contributed by atoms with Crippen LogP contribution >= 0.6 is 0 Å². The van der Waals surface area contributed by atoms with E-state index in [1.54, 1.807) is 0 Å². The van der Waals surface area contributed by atoms with Gasteiger partial charge in [0.1, 0.15) is 0 Å². The Morgan fingerprint density at radius 3 is 2.52 bits per heavy atom. The van der Waals surface area contributed by atoms with E-state index in [0.717, 1.165) is 12.0 Å². The van der Waals surface area contributed by atoms with Gasteiger partial charge in [-0.25, -0.2) is 0 Å². The summed E-state index contributed by atoms with van der Waals surface area (Å²) in [6.07, 6.45) is -1.50. The molecular weight excluding hydrogens is 275 g/mol. The lowest BCUT2D eigenvalue weighted by atomic mass is 9.76. The first kappa shape index (κ1) is 16.3. The highest BCUT2D eigenvalue weighted by Crippen LogP contribution is 2.41. The zero-order chi connectivity index (χ0) is 15.6. The second-order valence-electron chi connectivity index (χ2n) is 6.45. The summed E-state index contributed by atoms with van der Waals surface area (Å²) in [6, 6.07) is 6.00. The Morgan fingerprint density at radius 2 is 1.90 bits per heavy atom. The summed E-state index contributed by atoms with van der Waals surface area (Å²) in [6.45, 7) is 4.10. The fourth-order valence-electron chi connectivity index (χ4n) is 3.28. The Bertz CT molecular complexity index is 481. The Kier molecular flexibility index (Phi) is 4.97. The summed E-state index contributed by atoms with van der Waals surface area (Å²) in [4.78, 5) is 0. The zero-order valence-corrected chi connectivity index (χ0v) is 12.7. The van der Waals surface area contributed by atoms with Crippen molar-refractivity contribution in [2.24, 2.45) is 17.6 Å². The van der Waals surface area contributed by atoms with E-state index < -0.39 is 12.1 Å². The first-order valence-electron chi connectivity index (χ1n) is 7.66. The lowest BCUT2D eigenvalue weighted by Gasteiger charge is -2.34. The molecule has 1 saturated carbocycles. The van der Waals surface area contributed by atoms with Crippen LogP contribution in [0, 0.1) is 25.7 Å². The molecule has 2 N–H and O–H groups in total. The highest BCUT2D eigenvalue weighted by Gasteiger charge is 2.43. The molecule has 4 heteroatoms. The second-order valence-corrected chi connectivity index (χ2v) is 6.45. The maximum absolute atomic E-state index is 12.9. The summed E-state index contributed by atoms with van der Waals surface area (Å²) in [7, 11) is 0. The molecule has 1 aromatic rings. The number of hydrogen-bond acceptors (Lipinski definition) is 1.